The second-order valence-corrected chi connectivity index (χ2v) is 7.04. The van der Waals surface area contributed by atoms with E-state index in [0.717, 1.165) is 12.3 Å². The molecule has 0 radical (unpaired) electrons. The first kappa shape index (κ1) is 14.8. The monoisotopic (exact) mass is 263 g/mol. The van der Waals surface area contributed by atoms with Crippen LogP contribution < -0.4 is 0 Å². The Morgan fingerprint density at radius 3 is 2.26 bits per heavy atom. The van der Waals surface area contributed by atoms with Gasteiger partial charge in [-0.2, -0.15) is 5.26 Å². The Labute approximate surface area is 118 Å². The molecule has 3 nitrogen and oxygen atoms in total. The highest BCUT2D eigenvalue weighted by Gasteiger charge is 2.26. The van der Waals surface area contributed by atoms with E-state index in [2.05, 4.69) is 15.9 Å². The van der Waals surface area contributed by atoms with Crippen molar-refractivity contribution < 1.29 is 0 Å². The highest BCUT2D eigenvalue weighted by atomic mass is 15.3. The Morgan fingerprint density at radius 1 is 1.05 bits per heavy atom. The summed E-state index contributed by atoms with van der Waals surface area (Å²) in [7, 11) is 0. The molecule has 1 aliphatic carbocycles. The molecule has 0 N–H and O–H groups in total. The first-order valence-corrected chi connectivity index (χ1v) is 7.95. The number of piperazine rings is 1. The van der Waals surface area contributed by atoms with Crippen LogP contribution in [0.2, 0.25) is 0 Å². The van der Waals surface area contributed by atoms with E-state index in [1.165, 1.54) is 65.0 Å². The summed E-state index contributed by atoms with van der Waals surface area (Å²) in [4.78, 5) is 5.25. The van der Waals surface area contributed by atoms with Gasteiger partial charge in [-0.1, -0.05) is 6.42 Å². The summed E-state index contributed by atoms with van der Waals surface area (Å²) in [5.41, 5.74) is -0.136. The predicted octanol–water partition coefficient (Wildman–Crippen LogP) is 2.73. The van der Waals surface area contributed by atoms with Crippen molar-refractivity contribution in [2.75, 3.05) is 39.3 Å². The quantitative estimate of drug-likeness (QED) is 0.662. The second kappa shape index (κ2) is 6.72. The van der Waals surface area contributed by atoms with Crippen LogP contribution in [-0.4, -0.2) is 49.1 Å². The minimum atomic E-state index is -0.136. The summed E-state index contributed by atoms with van der Waals surface area (Å²) in [5, 5.41) is 8.98. The first-order valence-electron chi connectivity index (χ1n) is 7.95. The zero-order valence-electron chi connectivity index (χ0n) is 12.7. The molecule has 1 saturated carbocycles. The minimum Gasteiger partial charge on any atom is -0.301 e. The zero-order chi connectivity index (χ0) is 13.7. The molecule has 1 saturated heterocycles. The number of nitrogens with zero attached hydrogens (tertiary/aromatic N) is 3. The van der Waals surface area contributed by atoms with Gasteiger partial charge in [0.05, 0.1) is 11.5 Å². The molecule has 1 heterocycles. The van der Waals surface area contributed by atoms with E-state index < -0.39 is 0 Å². The third-order valence-corrected chi connectivity index (χ3v) is 4.51. The molecule has 108 valence electrons. The van der Waals surface area contributed by atoms with Crippen molar-refractivity contribution in [2.24, 2.45) is 11.3 Å². The lowest BCUT2D eigenvalue weighted by atomic mass is 9.89. The number of hydrogen-bond acceptors (Lipinski definition) is 3. The second-order valence-electron chi connectivity index (χ2n) is 7.04. The average molecular weight is 263 g/mol. The fourth-order valence-electron chi connectivity index (χ4n) is 2.82. The van der Waals surface area contributed by atoms with Gasteiger partial charge in [-0.3, -0.25) is 0 Å². The molecule has 0 aromatic carbocycles. The van der Waals surface area contributed by atoms with Crippen molar-refractivity contribution in [3.63, 3.8) is 0 Å². The SMILES string of the molecule is CC(C)(C#N)CCCCN1CCN(CC2CC2)CC1. The van der Waals surface area contributed by atoms with Crippen molar-refractivity contribution in [2.45, 2.75) is 46.0 Å². The topological polar surface area (TPSA) is 30.3 Å². The molecule has 0 amide bonds. The summed E-state index contributed by atoms with van der Waals surface area (Å²) < 4.78 is 0. The van der Waals surface area contributed by atoms with Crippen LogP contribution in [0, 0.1) is 22.7 Å². The van der Waals surface area contributed by atoms with Crippen LogP contribution in [0.3, 0.4) is 0 Å². The molecule has 2 aliphatic rings. The Kier molecular flexibility index (Phi) is 5.24. The fraction of sp³-hybridized carbons (Fsp3) is 0.938. The van der Waals surface area contributed by atoms with Crippen molar-refractivity contribution in [3.05, 3.63) is 0 Å². The summed E-state index contributed by atoms with van der Waals surface area (Å²) in [6.07, 6.45) is 6.39. The molecular formula is C16H29N3. The van der Waals surface area contributed by atoms with Crippen molar-refractivity contribution in [1.82, 2.24) is 9.80 Å². The largest absolute Gasteiger partial charge is 0.301 e. The van der Waals surface area contributed by atoms with E-state index in [1.807, 2.05) is 13.8 Å². The van der Waals surface area contributed by atoms with Crippen LogP contribution in [0.25, 0.3) is 0 Å². The number of rotatable bonds is 7. The average Bonchev–Trinajstić information content (AvgIpc) is 3.21. The van der Waals surface area contributed by atoms with Crippen LogP contribution in [0.15, 0.2) is 0 Å². The Bertz CT molecular complexity index is 306. The Hall–Kier alpha value is -0.590. The molecule has 1 aliphatic heterocycles. The van der Waals surface area contributed by atoms with Gasteiger partial charge < -0.3 is 9.80 Å². The standard InChI is InChI=1S/C16H29N3/c1-16(2,14-17)7-3-4-8-18-9-11-19(12-10-18)13-15-5-6-15/h15H,3-13H2,1-2H3. The predicted molar refractivity (Wildman–Crippen MR) is 78.8 cm³/mol. The molecule has 19 heavy (non-hydrogen) atoms. The number of unbranched alkanes of at least 4 members (excludes halogenated alkanes) is 1. The van der Waals surface area contributed by atoms with Crippen LogP contribution in [-0.2, 0) is 0 Å². The maximum absolute atomic E-state index is 8.98. The lowest BCUT2D eigenvalue weighted by Crippen LogP contribution is -2.47. The van der Waals surface area contributed by atoms with Crippen LogP contribution in [0.5, 0.6) is 0 Å². The lowest BCUT2D eigenvalue weighted by Gasteiger charge is -2.34. The molecule has 0 aromatic heterocycles. The van der Waals surface area contributed by atoms with E-state index in [4.69, 9.17) is 5.26 Å². The van der Waals surface area contributed by atoms with Gasteiger partial charge in [-0.25, -0.2) is 0 Å². The van der Waals surface area contributed by atoms with E-state index in [1.54, 1.807) is 0 Å². The van der Waals surface area contributed by atoms with E-state index in [-0.39, 0.29) is 5.41 Å². The zero-order valence-corrected chi connectivity index (χ0v) is 12.7. The highest BCUT2D eigenvalue weighted by molar-refractivity contribution is 4.91. The van der Waals surface area contributed by atoms with Gasteiger partial charge >= 0.3 is 0 Å². The molecule has 0 spiro atoms. The number of hydrogen-bond donors (Lipinski definition) is 0. The lowest BCUT2D eigenvalue weighted by molar-refractivity contribution is 0.126. The maximum Gasteiger partial charge on any atom is 0.0683 e. The van der Waals surface area contributed by atoms with E-state index in [0.29, 0.717) is 0 Å². The summed E-state index contributed by atoms with van der Waals surface area (Å²) >= 11 is 0. The molecular weight excluding hydrogens is 234 g/mol. The fourth-order valence-corrected chi connectivity index (χ4v) is 2.82. The molecule has 0 bridgehead atoms. The normalized spacial score (nSPS) is 22.4. The molecule has 0 unspecified atom stereocenters. The minimum absolute atomic E-state index is 0.136. The third-order valence-electron chi connectivity index (χ3n) is 4.51. The molecule has 2 rings (SSSR count). The van der Waals surface area contributed by atoms with E-state index in [9.17, 15) is 0 Å². The smallest absolute Gasteiger partial charge is 0.0683 e. The Balaban J connectivity index is 1.52. The van der Waals surface area contributed by atoms with Gasteiger partial charge in [0.1, 0.15) is 0 Å². The van der Waals surface area contributed by atoms with Crippen LogP contribution in [0.4, 0.5) is 0 Å². The number of nitriles is 1. The summed E-state index contributed by atoms with van der Waals surface area (Å²) in [6.45, 7) is 11.7. The molecule has 0 aromatic rings. The Morgan fingerprint density at radius 2 is 1.68 bits per heavy atom. The van der Waals surface area contributed by atoms with Gasteiger partial charge in [-0.15, -0.1) is 0 Å². The maximum atomic E-state index is 8.98. The first-order chi connectivity index (χ1) is 9.09. The van der Waals surface area contributed by atoms with Crippen molar-refractivity contribution >= 4 is 0 Å². The van der Waals surface area contributed by atoms with Gasteiger partial charge in [0.2, 0.25) is 0 Å². The van der Waals surface area contributed by atoms with Crippen LogP contribution >= 0.6 is 0 Å². The molecule has 3 heteroatoms. The summed E-state index contributed by atoms with van der Waals surface area (Å²) in [6, 6.07) is 2.39. The van der Waals surface area contributed by atoms with Gasteiger partial charge in [0.15, 0.2) is 0 Å². The van der Waals surface area contributed by atoms with Gasteiger partial charge in [0.25, 0.3) is 0 Å². The third kappa shape index (κ3) is 5.50. The summed E-state index contributed by atoms with van der Waals surface area (Å²) in [5.74, 6) is 1.03. The van der Waals surface area contributed by atoms with E-state index >= 15 is 0 Å². The van der Waals surface area contributed by atoms with Gasteiger partial charge in [-0.05, 0) is 52.0 Å². The van der Waals surface area contributed by atoms with Crippen molar-refractivity contribution in [3.8, 4) is 6.07 Å². The molecule has 2 fully saturated rings. The molecule has 0 atom stereocenters. The highest BCUT2D eigenvalue weighted by Crippen LogP contribution is 2.30. The van der Waals surface area contributed by atoms with Gasteiger partial charge in [0, 0.05) is 32.7 Å². The van der Waals surface area contributed by atoms with Crippen molar-refractivity contribution in [1.29, 1.82) is 5.26 Å². The van der Waals surface area contributed by atoms with Crippen LogP contribution in [0.1, 0.15) is 46.0 Å².